The molecule has 2 heterocycles. The number of aromatic nitrogens is 3. The molecule has 0 bridgehead atoms. The van der Waals surface area contributed by atoms with E-state index in [1.54, 1.807) is 0 Å². The van der Waals surface area contributed by atoms with Crippen LogP contribution in [0, 0.1) is 0 Å². The molecule has 0 N–H and O–H groups in total. The first kappa shape index (κ1) is 18.2. The second-order valence-corrected chi connectivity index (χ2v) is 7.49. The predicted octanol–water partition coefficient (Wildman–Crippen LogP) is 4.75. The van der Waals surface area contributed by atoms with Crippen molar-refractivity contribution in [2.45, 2.75) is 46.0 Å². The highest BCUT2D eigenvalue weighted by Crippen LogP contribution is 2.25. The zero-order valence-electron chi connectivity index (χ0n) is 16.1. The lowest BCUT2D eigenvalue weighted by atomic mass is 9.92. The van der Waals surface area contributed by atoms with Gasteiger partial charge in [0.25, 0.3) is 0 Å². The molecule has 0 atom stereocenters. The third-order valence-electron chi connectivity index (χ3n) is 4.38. The summed E-state index contributed by atoms with van der Waals surface area (Å²) < 4.78 is 8.00. The van der Waals surface area contributed by atoms with Crippen LogP contribution < -0.4 is 4.74 Å². The fraction of sp³-hybridized carbons (Fsp3) is 0.364. The molecule has 4 nitrogen and oxygen atoms in total. The lowest BCUT2D eigenvalue weighted by molar-refractivity contribution is 0.322. The number of nitrogens with zero attached hydrogens (tertiary/aromatic N) is 3. The number of pyridine rings is 1. The Morgan fingerprint density at radius 2 is 1.81 bits per heavy atom. The minimum Gasteiger partial charge on any atom is -0.493 e. The van der Waals surface area contributed by atoms with E-state index >= 15 is 0 Å². The molecular weight excluding hydrogens is 322 g/mol. The van der Waals surface area contributed by atoms with Crippen LogP contribution in [0.1, 0.15) is 44.6 Å². The maximum Gasteiger partial charge on any atom is 0.121 e. The van der Waals surface area contributed by atoms with Gasteiger partial charge in [-0.2, -0.15) is 5.10 Å². The first-order valence-corrected chi connectivity index (χ1v) is 9.19. The number of ether oxygens (including phenoxy) is 1. The molecule has 0 amide bonds. The van der Waals surface area contributed by atoms with E-state index in [-0.39, 0.29) is 5.41 Å². The van der Waals surface area contributed by atoms with Crippen molar-refractivity contribution in [2.75, 3.05) is 6.61 Å². The Bertz CT molecular complexity index is 847. The fourth-order valence-electron chi connectivity index (χ4n) is 2.80. The van der Waals surface area contributed by atoms with Crippen LogP contribution in [0.5, 0.6) is 5.75 Å². The first-order valence-electron chi connectivity index (χ1n) is 9.19. The highest BCUT2D eigenvalue weighted by atomic mass is 16.5. The minimum absolute atomic E-state index is 0.0355. The molecule has 2 aromatic heterocycles. The predicted molar refractivity (Wildman–Crippen MR) is 105 cm³/mol. The highest BCUT2D eigenvalue weighted by Gasteiger charge is 2.20. The van der Waals surface area contributed by atoms with Gasteiger partial charge in [0.15, 0.2) is 0 Å². The van der Waals surface area contributed by atoms with Crippen molar-refractivity contribution in [1.29, 1.82) is 0 Å². The molecule has 26 heavy (non-hydrogen) atoms. The summed E-state index contributed by atoms with van der Waals surface area (Å²) in [5.74, 6) is 0.867. The van der Waals surface area contributed by atoms with Crippen molar-refractivity contribution in [2.24, 2.45) is 0 Å². The molecule has 0 spiro atoms. The van der Waals surface area contributed by atoms with Gasteiger partial charge in [0.2, 0.25) is 0 Å². The van der Waals surface area contributed by atoms with Crippen molar-refractivity contribution in [3.05, 3.63) is 71.8 Å². The number of aryl methyl sites for hydroxylation is 1. The normalized spacial score (nSPS) is 11.5. The Morgan fingerprint density at radius 1 is 1.04 bits per heavy atom. The van der Waals surface area contributed by atoms with Gasteiger partial charge in [-0.25, -0.2) is 4.68 Å². The molecule has 0 saturated heterocycles. The van der Waals surface area contributed by atoms with E-state index in [1.807, 2.05) is 41.3 Å². The molecule has 0 fully saturated rings. The summed E-state index contributed by atoms with van der Waals surface area (Å²) in [6.07, 6.45) is 5.43. The maximum atomic E-state index is 5.96. The summed E-state index contributed by atoms with van der Waals surface area (Å²) in [4.78, 5) is 4.04. The standard InChI is InChI=1S/C22H27N3O/c1-5-18-16-21(22(2,3)4)24-25(18)19-7-6-8-20(15-19)26-14-11-17-9-12-23-13-10-17/h6-10,12-13,15-16H,5,11,14H2,1-4H3. The lowest BCUT2D eigenvalue weighted by Crippen LogP contribution is -2.12. The molecule has 1 aromatic carbocycles. The van der Waals surface area contributed by atoms with Gasteiger partial charge < -0.3 is 4.74 Å². The largest absolute Gasteiger partial charge is 0.493 e. The van der Waals surface area contributed by atoms with E-state index in [0.29, 0.717) is 6.61 Å². The van der Waals surface area contributed by atoms with E-state index in [9.17, 15) is 0 Å². The smallest absolute Gasteiger partial charge is 0.121 e. The second kappa shape index (κ2) is 7.73. The van der Waals surface area contributed by atoms with Crippen LogP contribution in [0.3, 0.4) is 0 Å². The van der Waals surface area contributed by atoms with Gasteiger partial charge in [-0.1, -0.05) is 33.8 Å². The van der Waals surface area contributed by atoms with Crippen molar-refractivity contribution in [1.82, 2.24) is 14.8 Å². The van der Waals surface area contributed by atoms with Crippen LogP contribution in [0.25, 0.3) is 5.69 Å². The van der Waals surface area contributed by atoms with Gasteiger partial charge >= 0.3 is 0 Å². The molecule has 3 aromatic rings. The Kier molecular flexibility index (Phi) is 5.40. The summed E-state index contributed by atoms with van der Waals surface area (Å²) in [5.41, 5.74) is 4.63. The third kappa shape index (κ3) is 4.31. The van der Waals surface area contributed by atoms with Crippen molar-refractivity contribution >= 4 is 0 Å². The molecule has 136 valence electrons. The van der Waals surface area contributed by atoms with Gasteiger partial charge in [0.05, 0.1) is 18.0 Å². The average Bonchev–Trinajstić information content (AvgIpc) is 3.08. The summed E-state index contributed by atoms with van der Waals surface area (Å²) in [7, 11) is 0. The number of benzene rings is 1. The molecule has 0 radical (unpaired) electrons. The second-order valence-electron chi connectivity index (χ2n) is 7.49. The Labute approximate surface area is 155 Å². The van der Waals surface area contributed by atoms with Gasteiger partial charge in [0, 0.05) is 36.0 Å². The van der Waals surface area contributed by atoms with E-state index in [0.717, 1.165) is 30.0 Å². The lowest BCUT2D eigenvalue weighted by Gasteiger charge is -2.14. The van der Waals surface area contributed by atoms with Crippen molar-refractivity contribution in [3.63, 3.8) is 0 Å². The minimum atomic E-state index is 0.0355. The zero-order chi connectivity index (χ0) is 18.6. The molecule has 0 aliphatic heterocycles. The zero-order valence-corrected chi connectivity index (χ0v) is 16.1. The number of rotatable bonds is 6. The monoisotopic (exact) mass is 349 g/mol. The van der Waals surface area contributed by atoms with E-state index in [2.05, 4.69) is 50.9 Å². The Balaban J connectivity index is 1.76. The van der Waals surface area contributed by atoms with E-state index in [1.165, 1.54) is 11.3 Å². The molecule has 4 heteroatoms. The van der Waals surface area contributed by atoms with Gasteiger partial charge in [0.1, 0.15) is 5.75 Å². The SMILES string of the molecule is CCc1cc(C(C)(C)C)nn1-c1cccc(OCCc2ccncc2)c1. The van der Waals surface area contributed by atoms with Crippen molar-refractivity contribution < 1.29 is 4.74 Å². The number of hydrogen-bond acceptors (Lipinski definition) is 3. The Hall–Kier alpha value is -2.62. The van der Waals surface area contributed by atoms with Crippen LogP contribution in [0.15, 0.2) is 54.9 Å². The average molecular weight is 349 g/mol. The molecule has 0 aliphatic carbocycles. The molecule has 0 unspecified atom stereocenters. The quantitative estimate of drug-likeness (QED) is 0.645. The molecule has 3 rings (SSSR count). The van der Waals surface area contributed by atoms with Crippen LogP contribution >= 0.6 is 0 Å². The van der Waals surface area contributed by atoms with E-state index < -0.39 is 0 Å². The summed E-state index contributed by atoms with van der Waals surface area (Å²) in [5, 5.41) is 4.85. The van der Waals surface area contributed by atoms with E-state index in [4.69, 9.17) is 9.84 Å². The molecule has 0 saturated carbocycles. The Morgan fingerprint density at radius 3 is 2.50 bits per heavy atom. The summed E-state index contributed by atoms with van der Waals surface area (Å²) in [6.45, 7) is 9.38. The topological polar surface area (TPSA) is 39.9 Å². The molecular formula is C22H27N3O. The summed E-state index contributed by atoms with van der Waals surface area (Å²) >= 11 is 0. The van der Waals surface area contributed by atoms with Gasteiger partial charge in [-0.15, -0.1) is 0 Å². The fourth-order valence-corrected chi connectivity index (χ4v) is 2.80. The molecule has 0 aliphatic rings. The van der Waals surface area contributed by atoms with Crippen molar-refractivity contribution in [3.8, 4) is 11.4 Å². The van der Waals surface area contributed by atoms with Crippen LogP contribution in [0.4, 0.5) is 0 Å². The van der Waals surface area contributed by atoms with Gasteiger partial charge in [-0.3, -0.25) is 4.98 Å². The third-order valence-corrected chi connectivity index (χ3v) is 4.38. The van der Waals surface area contributed by atoms with Crippen LogP contribution in [0.2, 0.25) is 0 Å². The first-order chi connectivity index (χ1) is 12.5. The highest BCUT2D eigenvalue weighted by molar-refractivity contribution is 5.40. The number of hydrogen-bond donors (Lipinski definition) is 0. The van der Waals surface area contributed by atoms with Crippen LogP contribution in [-0.2, 0) is 18.3 Å². The van der Waals surface area contributed by atoms with Crippen LogP contribution in [-0.4, -0.2) is 21.4 Å². The summed E-state index contributed by atoms with van der Waals surface area (Å²) in [6, 6.07) is 14.4. The van der Waals surface area contributed by atoms with Gasteiger partial charge in [-0.05, 0) is 42.3 Å². The maximum absolute atomic E-state index is 5.96.